The van der Waals surface area contributed by atoms with Crippen LogP contribution in [0.25, 0.3) is 0 Å². The zero-order chi connectivity index (χ0) is 25.3. The first-order valence-electron chi connectivity index (χ1n) is 11.3. The van der Waals surface area contributed by atoms with E-state index in [1.54, 1.807) is 0 Å². The molecular weight excluding hydrogens is 504 g/mol. The summed E-state index contributed by atoms with van der Waals surface area (Å²) in [5.41, 5.74) is -1.83. The summed E-state index contributed by atoms with van der Waals surface area (Å²) >= 11 is 0. The minimum atomic E-state index is -4.53. The molecule has 1 aliphatic rings. The van der Waals surface area contributed by atoms with Crippen molar-refractivity contribution in [3.63, 3.8) is 0 Å². The lowest BCUT2D eigenvalue weighted by Crippen LogP contribution is -2.44. The molecule has 1 saturated heterocycles. The summed E-state index contributed by atoms with van der Waals surface area (Å²) in [6.07, 6.45) is -8.00. The topological polar surface area (TPSA) is 23.5 Å². The van der Waals surface area contributed by atoms with E-state index in [1.807, 2.05) is 30.3 Å². The Morgan fingerprint density at radius 2 is 1.03 bits per heavy atom. The van der Waals surface area contributed by atoms with Crippen molar-refractivity contribution in [1.82, 2.24) is 4.90 Å². The Hall–Kier alpha value is -2.55. The van der Waals surface area contributed by atoms with Crippen LogP contribution in [0.2, 0.25) is 0 Å². The summed E-state index contributed by atoms with van der Waals surface area (Å²) in [5.74, 6) is -0.386. The molecule has 3 aromatic carbocycles. The molecule has 1 N–H and O–H groups in total. The van der Waals surface area contributed by atoms with Crippen LogP contribution in [0, 0.1) is 5.92 Å². The van der Waals surface area contributed by atoms with Gasteiger partial charge in [0, 0.05) is 6.54 Å². The predicted octanol–water partition coefficient (Wildman–Crippen LogP) is 7.29. The first-order chi connectivity index (χ1) is 16.5. The molecule has 0 atom stereocenters. The van der Waals surface area contributed by atoms with Gasteiger partial charge < -0.3 is 5.11 Å². The van der Waals surface area contributed by atoms with Crippen molar-refractivity contribution < 1.29 is 31.4 Å². The summed E-state index contributed by atoms with van der Waals surface area (Å²) in [6.45, 7) is 2.01. The van der Waals surface area contributed by atoms with Gasteiger partial charge in [-0.1, -0.05) is 54.6 Å². The quantitative estimate of drug-likeness (QED) is 0.351. The van der Waals surface area contributed by atoms with Crippen molar-refractivity contribution in [1.29, 1.82) is 0 Å². The highest BCUT2D eigenvalue weighted by Crippen LogP contribution is 2.44. The molecule has 0 aromatic heterocycles. The number of halogens is 7. The Bertz CT molecular complexity index is 1050. The third-order valence-corrected chi connectivity index (χ3v) is 6.73. The van der Waals surface area contributed by atoms with Crippen LogP contribution in [-0.4, -0.2) is 23.1 Å². The Balaban J connectivity index is 0.00000361. The van der Waals surface area contributed by atoms with E-state index in [9.17, 15) is 31.4 Å². The average Bonchev–Trinajstić information content (AvgIpc) is 2.84. The van der Waals surface area contributed by atoms with E-state index in [0.717, 1.165) is 36.4 Å². The molecule has 0 radical (unpaired) electrons. The van der Waals surface area contributed by atoms with Gasteiger partial charge in [0.25, 0.3) is 0 Å². The third kappa shape index (κ3) is 6.05. The van der Waals surface area contributed by atoms with Crippen LogP contribution >= 0.6 is 12.4 Å². The summed E-state index contributed by atoms with van der Waals surface area (Å²) in [7, 11) is 0. The number of alkyl halides is 6. The van der Waals surface area contributed by atoms with Crippen LogP contribution in [0.15, 0.2) is 78.9 Å². The minimum absolute atomic E-state index is 0. The monoisotopic (exact) mass is 529 g/mol. The molecule has 0 unspecified atom stereocenters. The van der Waals surface area contributed by atoms with E-state index in [-0.39, 0.29) is 29.5 Å². The molecule has 1 aliphatic heterocycles. The van der Waals surface area contributed by atoms with Gasteiger partial charge in [-0.05, 0) is 72.8 Å². The first kappa shape index (κ1) is 28.0. The fraction of sp³-hybridized carbons (Fsp3) is 0.333. The molecule has 194 valence electrons. The Labute approximate surface area is 212 Å². The minimum Gasteiger partial charge on any atom is -0.380 e. The van der Waals surface area contributed by atoms with Crippen molar-refractivity contribution in [2.75, 3.05) is 13.1 Å². The Morgan fingerprint density at radius 1 is 0.639 bits per heavy atom. The number of hydrogen-bond donors (Lipinski definition) is 1. The fourth-order valence-corrected chi connectivity index (χ4v) is 4.82. The van der Waals surface area contributed by atoms with Crippen molar-refractivity contribution in [3.8, 4) is 0 Å². The van der Waals surface area contributed by atoms with E-state index < -0.39 is 29.1 Å². The smallest absolute Gasteiger partial charge is 0.380 e. The number of aliphatic hydroxyl groups is 1. The van der Waals surface area contributed by atoms with Gasteiger partial charge in [0.1, 0.15) is 5.60 Å². The molecule has 1 heterocycles. The molecular formula is C27H26ClF6NO. The zero-order valence-electron chi connectivity index (χ0n) is 19.2. The van der Waals surface area contributed by atoms with Crippen molar-refractivity contribution in [3.05, 3.63) is 107 Å². The number of nitrogens with zero attached hydrogens (tertiary/aromatic N) is 1. The van der Waals surface area contributed by atoms with E-state index in [2.05, 4.69) is 4.90 Å². The van der Waals surface area contributed by atoms with Crippen LogP contribution < -0.4 is 0 Å². The van der Waals surface area contributed by atoms with Gasteiger partial charge in [-0.15, -0.1) is 12.4 Å². The average molecular weight is 530 g/mol. The van der Waals surface area contributed by atoms with Crippen LogP contribution in [0.4, 0.5) is 26.3 Å². The fourth-order valence-electron chi connectivity index (χ4n) is 4.82. The van der Waals surface area contributed by atoms with Gasteiger partial charge in [-0.25, -0.2) is 0 Å². The normalized spacial score (nSPS) is 16.0. The Kier molecular flexibility index (Phi) is 8.43. The molecule has 0 aliphatic carbocycles. The van der Waals surface area contributed by atoms with Crippen LogP contribution in [0.3, 0.4) is 0 Å². The van der Waals surface area contributed by atoms with Crippen molar-refractivity contribution in [2.45, 2.75) is 37.3 Å². The predicted molar refractivity (Wildman–Crippen MR) is 128 cm³/mol. The van der Waals surface area contributed by atoms with Gasteiger partial charge in [0.05, 0.1) is 11.1 Å². The lowest BCUT2D eigenvalue weighted by atomic mass is 9.71. The van der Waals surface area contributed by atoms with Gasteiger partial charge >= 0.3 is 12.4 Å². The van der Waals surface area contributed by atoms with Gasteiger partial charge in [-0.2, -0.15) is 26.3 Å². The van der Waals surface area contributed by atoms with Crippen molar-refractivity contribution >= 4 is 12.4 Å². The molecule has 0 bridgehead atoms. The van der Waals surface area contributed by atoms with E-state index in [0.29, 0.717) is 25.9 Å². The lowest BCUT2D eigenvalue weighted by molar-refractivity contribution is -0.138. The van der Waals surface area contributed by atoms with E-state index in [1.165, 1.54) is 24.3 Å². The number of likely N-dealkylation sites (tertiary alicyclic amines) is 1. The number of benzene rings is 3. The van der Waals surface area contributed by atoms with Crippen LogP contribution in [0.5, 0.6) is 0 Å². The second-order valence-corrected chi connectivity index (χ2v) is 8.95. The van der Waals surface area contributed by atoms with Gasteiger partial charge in [0.2, 0.25) is 0 Å². The highest BCUT2D eigenvalue weighted by atomic mass is 35.5. The molecule has 36 heavy (non-hydrogen) atoms. The van der Waals surface area contributed by atoms with Crippen LogP contribution in [-0.2, 0) is 24.5 Å². The molecule has 3 aromatic rings. The van der Waals surface area contributed by atoms with Crippen LogP contribution in [0.1, 0.15) is 40.7 Å². The van der Waals surface area contributed by atoms with Gasteiger partial charge in [-0.3, -0.25) is 4.90 Å². The number of hydrogen-bond acceptors (Lipinski definition) is 2. The molecule has 0 saturated carbocycles. The molecule has 0 amide bonds. The van der Waals surface area contributed by atoms with Crippen molar-refractivity contribution in [2.24, 2.45) is 5.92 Å². The SMILES string of the molecule is Cl.OC(c1ccc(C(F)(F)F)cc1)(c1ccc(C(F)(F)F)cc1)C1CCN(Cc2ccccc2)CC1. The first-order valence-corrected chi connectivity index (χ1v) is 11.3. The van der Waals surface area contributed by atoms with Gasteiger partial charge in [0.15, 0.2) is 0 Å². The Morgan fingerprint density at radius 3 is 1.42 bits per heavy atom. The molecule has 1 fully saturated rings. The summed E-state index contributed by atoms with van der Waals surface area (Å²) < 4.78 is 78.6. The highest BCUT2D eigenvalue weighted by molar-refractivity contribution is 5.85. The third-order valence-electron chi connectivity index (χ3n) is 6.73. The van der Waals surface area contributed by atoms with E-state index in [4.69, 9.17) is 0 Å². The second-order valence-electron chi connectivity index (χ2n) is 8.95. The maximum atomic E-state index is 13.1. The number of piperidine rings is 1. The summed E-state index contributed by atoms with van der Waals surface area (Å²) in [6, 6.07) is 18.4. The lowest BCUT2D eigenvalue weighted by Gasteiger charge is -2.42. The standard InChI is InChI=1S/C27H25F6NO.ClH/c28-26(29,30)23-10-6-20(7-11-23)25(35,21-8-12-24(13-9-21)27(31,32)33)22-14-16-34(17-15-22)18-19-4-2-1-3-5-19;/h1-13,22,35H,14-18H2;1H. The second kappa shape index (κ2) is 10.8. The molecule has 0 spiro atoms. The van der Waals surface area contributed by atoms with E-state index >= 15 is 0 Å². The maximum absolute atomic E-state index is 13.1. The molecule has 4 rings (SSSR count). The number of rotatable bonds is 5. The highest BCUT2D eigenvalue weighted by Gasteiger charge is 2.43. The summed E-state index contributed by atoms with van der Waals surface area (Å²) in [5, 5.41) is 12.0. The molecule has 2 nitrogen and oxygen atoms in total. The zero-order valence-corrected chi connectivity index (χ0v) is 20.0. The largest absolute Gasteiger partial charge is 0.416 e. The summed E-state index contributed by atoms with van der Waals surface area (Å²) in [4.78, 5) is 2.23. The molecule has 9 heteroatoms. The maximum Gasteiger partial charge on any atom is 0.416 e.